The molecule has 0 aromatic heterocycles. The highest BCUT2D eigenvalue weighted by atomic mass is 32.1. The number of nitrogens with one attached hydrogen (secondary N) is 1. The summed E-state index contributed by atoms with van der Waals surface area (Å²) in [5.74, 6) is 1.76. The Morgan fingerprint density at radius 1 is 1.16 bits per heavy atom. The first-order chi connectivity index (χ1) is 15.6. The van der Waals surface area contributed by atoms with E-state index in [1.54, 1.807) is 7.11 Å². The molecule has 1 heterocycles. The third-order valence-electron chi connectivity index (χ3n) is 5.59. The molecular formula is C25H35N3O3S. The molecule has 0 spiro atoms. The Bertz CT molecular complexity index is 871. The second kappa shape index (κ2) is 12.6. The summed E-state index contributed by atoms with van der Waals surface area (Å²) in [6, 6.07) is 14.2. The Morgan fingerprint density at radius 2 is 1.94 bits per heavy atom. The van der Waals surface area contributed by atoms with Gasteiger partial charge >= 0.3 is 0 Å². The highest BCUT2D eigenvalue weighted by Gasteiger charge is 2.16. The quantitative estimate of drug-likeness (QED) is 0.533. The van der Waals surface area contributed by atoms with Crippen molar-refractivity contribution in [3.05, 3.63) is 53.6 Å². The van der Waals surface area contributed by atoms with Gasteiger partial charge in [-0.15, -0.1) is 0 Å². The predicted molar refractivity (Wildman–Crippen MR) is 134 cm³/mol. The van der Waals surface area contributed by atoms with Crippen molar-refractivity contribution in [1.29, 1.82) is 0 Å². The van der Waals surface area contributed by atoms with Gasteiger partial charge < -0.3 is 24.4 Å². The van der Waals surface area contributed by atoms with Crippen molar-refractivity contribution in [3.63, 3.8) is 0 Å². The number of ether oxygens (including phenoxy) is 3. The molecule has 0 radical (unpaired) electrons. The standard InChI is InChI=1S/C25H35N3O3S/c1-4-31-23-9-6-5-8-21(23)19-28(13-7-12-27-14-16-30-17-15-27)25(32)26-22-11-10-20(2)24(18-22)29-3/h5-6,8-11,18H,4,7,12-17,19H2,1-3H3,(H,26,32). The fraction of sp³-hybridized carbons (Fsp3) is 0.480. The second-order valence-corrected chi connectivity index (χ2v) is 8.27. The first-order valence-electron chi connectivity index (χ1n) is 11.3. The molecule has 0 unspecified atom stereocenters. The van der Waals surface area contributed by atoms with E-state index >= 15 is 0 Å². The number of thiocarbonyl (C=S) groups is 1. The van der Waals surface area contributed by atoms with E-state index in [1.807, 2.05) is 50.2 Å². The van der Waals surface area contributed by atoms with E-state index in [0.29, 0.717) is 18.3 Å². The van der Waals surface area contributed by atoms with Crippen LogP contribution in [0.25, 0.3) is 0 Å². The summed E-state index contributed by atoms with van der Waals surface area (Å²) in [6.45, 7) is 10.9. The molecule has 2 aromatic rings. The molecule has 1 N–H and O–H groups in total. The van der Waals surface area contributed by atoms with E-state index in [0.717, 1.165) is 74.1 Å². The highest BCUT2D eigenvalue weighted by Crippen LogP contribution is 2.24. The summed E-state index contributed by atoms with van der Waals surface area (Å²) < 4.78 is 16.8. The summed E-state index contributed by atoms with van der Waals surface area (Å²) in [5, 5.41) is 4.11. The van der Waals surface area contributed by atoms with Crippen molar-refractivity contribution in [3.8, 4) is 11.5 Å². The lowest BCUT2D eigenvalue weighted by molar-refractivity contribution is 0.0367. The molecule has 1 aliphatic heterocycles. The average molecular weight is 458 g/mol. The minimum absolute atomic E-state index is 0.639. The lowest BCUT2D eigenvalue weighted by Gasteiger charge is -2.30. The Balaban J connectivity index is 1.70. The molecule has 174 valence electrons. The zero-order valence-electron chi connectivity index (χ0n) is 19.4. The van der Waals surface area contributed by atoms with Gasteiger partial charge in [-0.2, -0.15) is 0 Å². The normalized spacial score (nSPS) is 14.1. The summed E-state index contributed by atoms with van der Waals surface area (Å²) in [4.78, 5) is 4.68. The predicted octanol–water partition coefficient (Wildman–Crippen LogP) is 4.32. The van der Waals surface area contributed by atoms with Gasteiger partial charge in [-0.25, -0.2) is 0 Å². The maximum Gasteiger partial charge on any atom is 0.173 e. The molecule has 7 heteroatoms. The number of nitrogens with zero attached hydrogens (tertiary/aromatic N) is 2. The molecule has 0 atom stereocenters. The third kappa shape index (κ3) is 7.08. The van der Waals surface area contributed by atoms with E-state index in [4.69, 9.17) is 26.4 Å². The van der Waals surface area contributed by atoms with E-state index in [9.17, 15) is 0 Å². The lowest BCUT2D eigenvalue weighted by Crippen LogP contribution is -2.40. The third-order valence-corrected chi connectivity index (χ3v) is 5.95. The molecule has 3 rings (SSSR count). The Hall–Kier alpha value is -2.35. The number of hydrogen-bond donors (Lipinski definition) is 1. The zero-order valence-corrected chi connectivity index (χ0v) is 20.2. The number of methoxy groups -OCH3 is 1. The van der Waals surface area contributed by atoms with E-state index < -0.39 is 0 Å². The van der Waals surface area contributed by atoms with Crippen molar-refractivity contribution in [1.82, 2.24) is 9.80 Å². The van der Waals surface area contributed by atoms with Crippen LogP contribution in [0.3, 0.4) is 0 Å². The smallest absolute Gasteiger partial charge is 0.173 e. The van der Waals surface area contributed by atoms with Crippen molar-refractivity contribution in [2.75, 3.05) is 58.4 Å². The topological polar surface area (TPSA) is 46.2 Å². The Labute approximate surface area is 197 Å². The largest absolute Gasteiger partial charge is 0.496 e. The van der Waals surface area contributed by atoms with Crippen LogP contribution in [-0.4, -0.2) is 68.0 Å². The molecule has 0 amide bonds. The van der Waals surface area contributed by atoms with Crippen molar-refractivity contribution < 1.29 is 14.2 Å². The summed E-state index contributed by atoms with van der Waals surface area (Å²) in [7, 11) is 1.69. The minimum atomic E-state index is 0.639. The van der Waals surface area contributed by atoms with Crippen molar-refractivity contribution >= 4 is 23.0 Å². The van der Waals surface area contributed by atoms with Crippen LogP contribution in [-0.2, 0) is 11.3 Å². The van der Waals surface area contributed by atoms with Crippen LogP contribution < -0.4 is 14.8 Å². The van der Waals surface area contributed by atoms with Gasteiger partial charge in [0.1, 0.15) is 11.5 Å². The Kier molecular flexibility index (Phi) is 9.59. The molecule has 0 saturated carbocycles. The van der Waals surface area contributed by atoms with Gasteiger partial charge in [-0.05, 0) is 50.2 Å². The maximum absolute atomic E-state index is 5.85. The van der Waals surface area contributed by atoms with E-state index in [2.05, 4.69) is 21.2 Å². The van der Waals surface area contributed by atoms with Crippen molar-refractivity contribution in [2.24, 2.45) is 0 Å². The van der Waals surface area contributed by atoms with Gasteiger partial charge in [-0.3, -0.25) is 4.90 Å². The van der Waals surface area contributed by atoms with Gasteiger partial charge in [0.2, 0.25) is 0 Å². The number of morpholine rings is 1. The monoisotopic (exact) mass is 457 g/mol. The molecule has 0 aliphatic carbocycles. The van der Waals surface area contributed by atoms with Gasteiger partial charge in [0.25, 0.3) is 0 Å². The second-order valence-electron chi connectivity index (χ2n) is 7.88. The first-order valence-corrected chi connectivity index (χ1v) is 11.7. The first kappa shape index (κ1) is 24.3. The fourth-order valence-electron chi connectivity index (χ4n) is 3.80. The van der Waals surface area contributed by atoms with E-state index in [-0.39, 0.29) is 0 Å². The van der Waals surface area contributed by atoms with Gasteiger partial charge in [0, 0.05) is 50.0 Å². The van der Waals surface area contributed by atoms with Crippen LogP contribution in [0.15, 0.2) is 42.5 Å². The average Bonchev–Trinajstić information content (AvgIpc) is 2.81. The summed E-state index contributed by atoms with van der Waals surface area (Å²) >= 11 is 5.85. The molecular weight excluding hydrogens is 422 g/mol. The van der Waals surface area contributed by atoms with Gasteiger partial charge in [-0.1, -0.05) is 24.3 Å². The molecule has 0 bridgehead atoms. The van der Waals surface area contributed by atoms with Crippen LogP contribution in [0.2, 0.25) is 0 Å². The van der Waals surface area contributed by atoms with Crippen LogP contribution in [0.5, 0.6) is 11.5 Å². The number of benzene rings is 2. The maximum atomic E-state index is 5.85. The molecule has 1 saturated heterocycles. The summed E-state index contributed by atoms with van der Waals surface area (Å²) in [5.41, 5.74) is 3.15. The molecule has 1 aliphatic rings. The van der Waals surface area contributed by atoms with Crippen LogP contribution >= 0.6 is 12.2 Å². The van der Waals surface area contributed by atoms with Gasteiger partial charge in [0.05, 0.1) is 26.9 Å². The molecule has 1 fully saturated rings. The molecule has 6 nitrogen and oxygen atoms in total. The van der Waals surface area contributed by atoms with Crippen LogP contribution in [0.4, 0.5) is 5.69 Å². The zero-order chi connectivity index (χ0) is 22.8. The number of rotatable bonds is 10. The fourth-order valence-corrected chi connectivity index (χ4v) is 4.07. The van der Waals surface area contributed by atoms with Crippen molar-refractivity contribution in [2.45, 2.75) is 26.8 Å². The van der Waals surface area contributed by atoms with Crippen LogP contribution in [0.1, 0.15) is 24.5 Å². The van der Waals surface area contributed by atoms with E-state index in [1.165, 1.54) is 0 Å². The molecule has 32 heavy (non-hydrogen) atoms. The SMILES string of the molecule is CCOc1ccccc1CN(CCCN1CCOCC1)C(=S)Nc1ccc(C)c(OC)c1. The Morgan fingerprint density at radius 3 is 2.69 bits per heavy atom. The minimum Gasteiger partial charge on any atom is -0.496 e. The summed E-state index contributed by atoms with van der Waals surface area (Å²) in [6.07, 6.45) is 1.02. The number of aryl methyl sites for hydroxylation is 1. The lowest BCUT2D eigenvalue weighted by atomic mass is 10.2. The van der Waals surface area contributed by atoms with Crippen LogP contribution in [0, 0.1) is 6.92 Å². The number of anilines is 1. The number of hydrogen-bond acceptors (Lipinski definition) is 5. The highest BCUT2D eigenvalue weighted by molar-refractivity contribution is 7.80. The molecule has 2 aromatic carbocycles. The van der Waals surface area contributed by atoms with Gasteiger partial charge in [0.15, 0.2) is 5.11 Å². The number of para-hydroxylation sites is 1.